The zero-order valence-electron chi connectivity index (χ0n) is 8.01. The quantitative estimate of drug-likeness (QED) is 0.632. The van der Waals surface area contributed by atoms with Gasteiger partial charge in [0.2, 0.25) is 11.8 Å². The summed E-state index contributed by atoms with van der Waals surface area (Å²) in [5.74, 6) is -0.00759. The van der Waals surface area contributed by atoms with Gasteiger partial charge < -0.3 is 10.2 Å². The summed E-state index contributed by atoms with van der Waals surface area (Å²) in [5, 5.41) is 2.52. The molecule has 74 valence electrons. The van der Waals surface area contributed by atoms with Crippen LogP contribution >= 0.6 is 0 Å². The van der Waals surface area contributed by atoms with E-state index >= 15 is 0 Å². The van der Waals surface area contributed by atoms with Gasteiger partial charge in [-0.3, -0.25) is 9.59 Å². The third kappa shape index (κ3) is 3.05. The molecule has 1 fully saturated rings. The van der Waals surface area contributed by atoms with Crippen LogP contribution in [0.25, 0.3) is 0 Å². The van der Waals surface area contributed by atoms with E-state index in [0.717, 1.165) is 25.8 Å². The van der Waals surface area contributed by atoms with Gasteiger partial charge in [0.25, 0.3) is 0 Å². The number of unbranched alkanes of at least 4 members (excludes halogenated alkanes) is 2. The molecule has 0 aromatic carbocycles. The molecular weight excluding hydrogens is 168 g/mol. The minimum absolute atomic E-state index is 0.0377. The summed E-state index contributed by atoms with van der Waals surface area (Å²) < 4.78 is 0. The fourth-order valence-corrected chi connectivity index (χ4v) is 1.36. The molecule has 0 aliphatic carbocycles. The van der Waals surface area contributed by atoms with Crippen molar-refractivity contribution in [3.05, 3.63) is 0 Å². The predicted molar refractivity (Wildman–Crippen MR) is 49.1 cm³/mol. The molecule has 0 atom stereocenters. The fraction of sp³-hybridized carbons (Fsp3) is 0.778. The first-order chi connectivity index (χ1) is 6.24. The Morgan fingerprint density at radius 1 is 1.38 bits per heavy atom. The summed E-state index contributed by atoms with van der Waals surface area (Å²) in [6, 6.07) is 0. The SMILES string of the molecule is CCCCCN1CC(=O)NCC1=O. The van der Waals surface area contributed by atoms with Crippen molar-refractivity contribution < 1.29 is 9.59 Å². The van der Waals surface area contributed by atoms with Crippen LogP contribution in [0.5, 0.6) is 0 Å². The summed E-state index contributed by atoms with van der Waals surface area (Å²) in [4.78, 5) is 23.8. The highest BCUT2D eigenvalue weighted by Gasteiger charge is 2.21. The summed E-state index contributed by atoms with van der Waals surface area (Å²) in [5.41, 5.74) is 0. The van der Waals surface area contributed by atoms with Crippen molar-refractivity contribution >= 4 is 11.8 Å². The molecular formula is C9H16N2O2. The van der Waals surface area contributed by atoms with E-state index in [2.05, 4.69) is 12.2 Å². The van der Waals surface area contributed by atoms with Gasteiger partial charge >= 0.3 is 0 Å². The zero-order valence-corrected chi connectivity index (χ0v) is 8.01. The van der Waals surface area contributed by atoms with Gasteiger partial charge in [0.1, 0.15) is 0 Å². The highest BCUT2D eigenvalue weighted by Crippen LogP contribution is 2.00. The van der Waals surface area contributed by atoms with Crippen LogP contribution in [-0.4, -0.2) is 36.3 Å². The number of carbonyl (C=O) groups is 2. The van der Waals surface area contributed by atoms with Crippen molar-refractivity contribution in [2.75, 3.05) is 19.6 Å². The van der Waals surface area contributed by atoms with E-state index in [-0.39, 0.29) is 24.9 Å². The molecule has 1 aliphatic heterocycles. The molecule has 0 spiro atoms. The minimum atomic E-state index is -0.0453. The maximum atomic E-state index is 11.2. The summed E-state index contributed by atoms with van der Waals surface area (Å²) >= 11 is 0. The second-order valence-corrected chi connectivity index (χ2v) is 3.30. The normalized spacial score (nSPS) is 17.5. The second-order valence-electron chi connectivity index (χ2n) is 3.30. The number of amides is 2. The maximum absolute atomic E-state index is 11.2. The minimum Gasteiger partial charge on any atom is -0.345 e. The molecule has 13 heavy (non-hydrogen) atoms. The maximum Gasteiger partial charge on any atom is 0.242 e. The molecule has 1 N–H and O–H groups in total. The van der Waals surface area contributed by atoms with Crippen molar-refractivity contribution in [2.24, 2.45) is 0 Å². The van der Waals surface area contributed by atoms with Crippen LogP contribution in [0.1, 0.15) is 26.2 Å². The average molecular weight is 184 g/mol. The molecule has 0 unspecified atom stereocenters. The second kappa shape index (κ2) is 4.84. The molecule has 0 saturated carbocycles. The van der Waals surface area contributed by atoms with Gasteiger partial charge in [-0.2, -0.15) is 0 Å². The first-order valence-corrected chi connectivity index (χ1v) is 4.78. The van der Waals surface area contributed by atoms with Gasteiger partial charge in [0, 0.05) is 6.54 Å². The summed E-state index contributed by atoms with van der Waals surface area (Å²) in [6.45, 7) is 3.25. The molecule has 0 aromatic rings. The molecule has 1 saturated heterocycles. The van der Waals surface area contributed by atoms with Crippen molar-refractivity contribution in [1.82, 2.24) is 10.2 Å². The van der Waals surface area contributed by atoms with Gasteiger partial charge in [-0.05, 0) is 6.42 Å². The summed E-state index contributed by atoms with van der Waals surface area (Å²) in [6.07, 6.45) is 3.25. The van der Waals surface area contributed by atoms with Gasteiger partial charge in [-0.25, -0.2) is 0 Å². The lowest BCUT2D eigenvalue weighted by Crippen LogP contribution is -2.51. The van der Waals surface area contributed by atoms with E-state index in [9.17, 15) is 9.59 Å². The molecule has 1 heterocycles. The predicted octanol–water partition coefficient (Wildman–Crippen LogP) is 0.135. The number of hydrogen-bond donors (Lipinski definition) is 1. The molecule has 1 rings (SSSR count). The van der Waals surface area contributed by atoms with Crippen LogP contribution in [0.3, 0.4) is 0 Å². The highest BCUT2D eigenvalue weighted by atomic mass is 16.2. The van der Waals surface area contributed by atoms with Crippen LogP contribution in [-0.2, 0) is 9.59 Å². The van der Waals surface area contributed by atoms with Crippen LogP contribution in [0.4, 0.5) is 0 Å². The van der Waals surface area contributed by atoms with Crippen molar-refractivity contribution in [1.29, 1.82) is 0 Å². The first kappa shape index (κ1) is 10.0. The molecule has 1 aliphatic rings. The van der Waals surface area contributed by atoms with E-state index in [0.29, 0.717) is 0 Å². The Hall–Kier alpha value is -1.06. The number of rotatable bonds is 4. The molecule has 0 bridgehead atoms. The standard InChI is InChI=1S/C9H16N2O2/c1-2-3-4-5-11-7-8(12)10-6-9(11)13/h2-7H2,1H3,(H,10,12). The van der Waals surface area contributed by atoms with Crippen molar-refractivity contribution in [3.8, 4) is 0 Å². The number of nitrogens with one attached hydrogen (secondary N) is 1. The Bertz CT molecular complexity index is 204. The lowest BCUT2D eigenvalue weighted by molar-refractivity contribution is -0.140. The van der Waals surface area contributed by atoms with Gasteiger partial charge in [-0.1, -0.05) is 19.8 Å². The summed E-state index contributed by atoms with van der Waals surface area (Å²) in [7, 11) is 0. The Morgan fingerprint density at radius 3 is 2.85 bits per heavy atom. The number of hydrogen-bond acceptors (Lipinski definition) is 2. The van der Waals surface area contributed by atoms with Crippen LogP contribution in [0, 0.1) is 0 Å². The van der Waals surface area contributed by atoms with Crippen molar-refractivity contribution in [3.63, 3.8) is 0 Å². The smallest absolute Gasteiger partial charge is 0.242 e. The van der Waals surface area contributed by atoms with E-state index in [1.165, 1.54) is 0 Å². The Kier molecular flexibility index (Phi) is 3.73. The van der Waals surface area contributed by atoms with Crippen LogP contribution in [0.15, 0.2) is 0 Å². The third-order valence-electron chi connectivity index (χ3n) is 2.16. The Balaban J connectivity index is 2.29. The van der Waals surface area contributed by atoms with E-state index in [4.69, 9.17) is 0 Å². The van der Waals surface area contributed by atoms with Gasteiger partial charge in [0.05, 0.1) is 13.1 Å². The lowest BCUT2D eigenvalue weighted by Gasteiger charge is -2.26. The van der Waals surface area contributed by atoms with Gasteiger partial charge in [-0.15, -0.1) is 0 Å². The van der Waals surface area contributed by atoms with E-state index in [1.807, 2.05) is 0 Å². The molecule has 0 radical (unpaired) electrons. The Morgan fingerprint density at radius 2 is 2.15 bits per heavy atom. The lowest BCUT2D eigenvalue weighted by atomic mass is 10.2. The van der Waals surface area contributed by atoms with E-state index < -0.39 is 0 Å². The molecule has 4 heteroatoms. The number of piperazine rings is 1. The molecule has 4 nitrogen and oxygen atoms in total. The average Bonchev–Trinajstić information content (AvgIpc) is 2.11. The zero-order chi connectivity index (χ0) is 9.68. The highest BCUT2D eigenvalue weighted by molar-refractivity contribution is 5.92. The number of nitrogens with zero attached hydrogens (tertiary/aromatic N) is 1. The van der Waals surface area contributed by atoms with E-state index in [1.54, 1.807) is 4.90 Å². The number of carbonyl (C=O) groups excluding carboxylic acids is 2. The first-order valence-electron chi connectivity index (χ1n) is 4.78. The molecule has 0 aromatic heterocycles. The Labute approximate surface area is 78.3 Å². The third-order valence-corrected chi connectivity index (χ3v) is 2.16. The van der Waals surface area contributed by atoms with Crippen molar-refractivity contribution in [2.45, 2.75) is 26.2 Å². The monoisotopic (exact) mass is 184 g/mol. The molecule has 2 amide bonds. The largest absolute Gasteiger partial charge is 0.345 e. The van der Waals surface area contributed by atoms with Gasteiger partial charge in [0.15, 0.2) is 0 Å². The topological polar surface area (TPSA) is 49.4 Å². The van der Waals surface area contributed by atoms with Crippen LogP contribution < -0.4 is 5.32 Å². The fourth-order valence-electron chi connectivity index (χ4n) is 1.36. The van der Waals surface area contributed by atoms with Crippen LogP contribution in [0.2, 0.25) is 0 Å².